The van der Waals surface area contributed by atoms with Crippen molar-refractivity contribution in [2.75, 3.05) is 6.61 Å². The van der Waals surface area contributed by atoms with Crippen LogP contribution in [0.1, 0.15) is 36.7 Å². The fourth-order valence-electron chi connectivity index (χ4n) is 3.15. The van der Waals surface area contributed by atoms with Crippen molar-refractivity contribution in [3.8, 4) is 5.75 Å². The highest BCUT2D eigenvalue weighted by Gasteiger charge is 2.16. The summed E-state index contributed by atoms with van der Waals surface area (Å²) in [5.41, 5.74) is 3.63. The molecule has 0 saturated carbocycles. The van der Waals surface area contributed by atoms with Crippen LogP contribution < -0.4 is 4.74 Å². The maximum absolute atomic E-state index is 10.5. The lowest BCUT2D eigenvalue weighted by atomic mass is 10.0. The molecule has 2 aromatic carbocycles. The molecule has 0 saturated heterocycles. The molecule has 0 aliphatic carbocycles. The summed E-state index contributed by atoms with van der Waals surface area (Å²) in [7, 11) is 0. The van der Waals surface area contributed by atoms with Gasteiger partial charge in [0.25, 0.3) is 0 Å². The van der Waals surface area contributed by atoms with E-state index in [4.69, 9.17) is 16.3 Å². The molecular weight excluding hydrogens is 364 g/mol. The zero-order valence-electron chi connectivity index (χ0n) is 15.8. The maximum Gasteiger partial charge on any atom is 0.135 e. The monoisotopic (exact) mass is 388 g/mol. The first-order valence-electron chi connectivity index (χ1n) is 9.06. The Labute approximate surface area is 164 Å². The van der Waals surface area contributed by atoms with Crippen LogP contribution in [-0.2, 0) is 13.2 Å². The number of aromatic nitrogens is 2. The van der Waals surface area contributed by atoms with Crippen molar-refractivity contribution in [1.82, 2.24) is 9.55 Å². The lowest BCUT2D eigenvalue weighted by Gasteiger charge is -2.19. The average Bonchev–Trinajstić information content (AvgIpc) is 3.00. The van der Waals surface area contributed by atoms with Gasteiger partial charge in [0.05, 0.1) is 17.6 Å². The largest absolute Gasteiger partial charge is 0.491 e. The molecule has 1 aromatic heterocycles. The summed E-state index contributed by atoms with van der Waals surface area (Å²) in [5.74, 6) is 1.53. The quantitative estimate of drug-likeness (QED) is 0.640. The fraction of sp³-hybridized carbons (Fsp3) is 0.381. The van der Waals surface area contributed by atoms with E-state index in [0.717, 1.165) is 27.9 Å². The Morgan fingerprint density at radius 3 is 2.67 bits per heavy atom. The molecule has 0 aliphatic rings. The molecule has 27 heavy (non-hydrogen) atoms. The van der Waals surface area contributed by atoms with E-state index in [1.165, 1.54) is 0 Å². The lowest BCUT2D eigenvalue weighted by Crippen LogP contribution is -2.25. The molecule has 3 rings (SSSR count). The van der Waals surface area contributed by atoms with E-state index < -0.39 is 6.10 Å². The molecule has 0 aliphatic heterocycles. The molecular formula is C21H25ClN2O3. The minimum absolute atomic E-state index is 0.137. The highest BCUT2D eigenvalue weighted by molar-refractivity contribution is 6.31. The minimum Gasteiger partial charge on any atom is -0.491 e. The Morgan fingerprint density at radius 1 is 1.22 bits per heavy atom. The van der Waals surface area contributed by atoms with Crippen LogP contribution in [0.4, 0.5) is 0 Å². The molecule has 0 amide bonds. The van der Waals surface area contributed by atoms with Gasteiger partial charge in [-0.3, -0.25) is 0 Å². The molecule has 0 fully saturated rings. The number of aliphatic hydroxyl groups excluding tert-OH is 2. The number of nitrogens with zero attached hydrogens (tertiary/aromatic N) is 2. The number of benzene rings is 2. The second-order valence-electron chi connectivity index (χ2n) is 7.04. The van der Waals surface area contributed by atoms with Gasteiger partial charge in [-0.15, -0.1) is 0 Å². The van der Waals surface area contributed by atoms with Crippen molar-refractivity contribution in [2.24, 2.45) is 0 Å². The predicted molar refractivity (Wildman–Crippen MR) is 107 cm³/mol. The number of rotatable bonds is 7. The zero-order valence-corrected chi connectivity index (χ0v) is 16.6. The van der Waals surface area contributed by atoms with E-state index in [9.17, 15) is 10.2 Å². The molecule has 1 atom stereocenters. The number of aliphatic hydroxyl groups is 2. The summed E-state index contributed by atoms with van der Waals surface area (Å²) >= 11 is 6.24. The molecule has 1 unspecified atom stereocenters. The summed E-state index contributed by atoms with van der Waals surface area (Å²) < 4.78 is 7.76. The Morgan fingerprint density at radius 2 is 1.96 bits per heavy atom. The van der Waals surface area contributed by atoms with Crippen LogP contribution in [0.15, 0.2) is 36.4 Å². The molecule has 144 valence electrons. The number of hydrogen-bond donors (Lipinski definition) is 2. The van der Waals surface area contributed by atoms with Gasteiger partial charge in [0, 0.05) is 5.02 Å². The van der Waals surface area contributed by atoms with E-state index in [1.54, 1.807) is 0 Å². The van der Waals surface area contributed by atoms with Crippen molar-refractivity contribution in [2.45, 2.75) is 45.9 Å². The zero-order chi connectivity index (χ0) is 19.6. The van der Waals surface area contributed by atoms with Gasteiger partial charge in [-0.25, -0.2) is 4.98 Å². The average molecular weight is 389 g/mol. The van der Waals surface area contributed by atoms with Gasteiger partial charge in [0.2, 0.25) is 0 Å². The normalized spacial score (nSPS) is 12.7. The number of fused-ring (bicyclic) bond motifs is 1. The molecule has 3 aromatic rings. The van der Waals surface area contributed by atoms with E-state index in [0.29, 0.717) is 17.4 Å². The summed E-state index contributed by atoms with van der Waals surface area (Å²) in [6.45, 7) is 6.33. The second kappa shape index (κ2) is 8.30. The van der Waals surface area contributed by atoms with E-state index in [1.807, 2.05) is 47.9 Å². The molecule has 0 spiro atoms. The highest BCUT2D eigenvalue weighted by Crippen LogP contribution is 2.32. The van der Waals surface area contributed by atoms with Crippen LogP contribution in [0.5, 0.6) is 5.75 Å². The van der Waals surface area contributed by atoms with Crippen molar-refractivity contribution in [3.05, 3.63) is 58.4 Å². The predicted octanol–water partition coefficient (Wildman–Crippen LogP) is 4.05. The van der Waals surface area contributed by atoms with Gasteiger partial charge in [0.1, 0.15) is 30.9 Å². The Hall–Kier alpha value is -2.08. The Bertz CT molecular complexity index is 937. The fourth-order valence-corrected chi connectivity index (χ4v) is 3.32. The summed E-state index contributed by atoms with van der Waals surface area (Å²) in [6, 6.07) is 11.5. The van der Waals surface area contributed by atoms with Gasteiger partial charge < -0.3 is 19.5 Å². The SMILES string of the molecule is Cc1cc(OCC(O)Cn2c(CO)nc3ccccc32)c(C(C)C)cc1Cl. The number of para-hydroxylation sites is 2. The van der Waals surface area contributed by atoms with Crippen LogP contribution in [-0.4, -0.2) is 32.5 Å². The molecule has 5 nitrogen and oxygen atoms in total. The summed E-state index contributed by atoms with van der Waals surface area (Å²) in [6.07, 6.45) is -0.746. The smallest absolute Gasteiger partial charge is 0.135 e. The second-order valence-corrected chi connectivity index (χ2v) is 7.45. The third-order valence-electron chi connectivity index (χ3n) is 4.61. The first-order chi connectivity index (χ1) is 12.9. The third kappa shape index (κ3) is 4.26. The third-order valence-corrected chi connectivity index (χ3v) is 5.02. The highest BCUT2D eigenvalue weighted by atomic mass is 35.5. The number of halogens is 1. The van der Waals surface area contributed by atoms with Gasteiger partial charge in [-0.1, -0.05) is 37.6 Å². The van der Waals surface area contributed by atoms with Gasteiger partial charge in [-0.05, 0) is 48.2 Å². The minimum atomic E-state index is -0.746. The maximum atomic E-state index is 10.5. The molecule has 2 N–H and O–H groups in total. The van der Waals surface area contributed by atoms with Crippen molar-refractivity contribution in [3.63, 3.8) is 0 Å². The van der Waals surface area contributed by atoms with Crippen molar-refractivity contribution < 1.29 is 14.9 Å². The Balaban J connectivity index is 1.76. The number of ether oxygens (including phenoxy) is 1. The van der Waals surface area contributed by atoms with E-state index in [-0.39, 0.29) is 19.1 Å². The van der Waals surface area contributed by atoms with Crippen LogP contribution in [0.25, 0.3) is 11.0 Å². The Kier molecular flexibility index (Phi) is 6.05. The molecule has 0 radical (unpaired) electrons. The van der Waals surface area contributed by atoms with Crippen LogP contribution in [0.3, 0.4) is 0 Å². The standard InChI is InChI=1S/C21H25ClN2O3/c1-13(2)16-9-17(22)14(3)8-20(16)27-12-15(26)10-24-19-7-5-4-6-18(19)23-21(24)11-25/h4-9,13,15,25-26H,10-12H2,1-3H3. The van der Waals surface area contributed by atoms with Gasteiger partial charge in [0.15, 0.2) is 0 Å². The van der Waals surface area contributed by atoms with Gasteiger partial charge >= 0.3 is 0 Å². The summed E-state index contributed by atoms with van der Waals surface area (Å²) in [5, 5.41) is 20.8. The summed E-state index contributed by atoms with van der Waals surface area (Å²) in [4.78, 5) is 4.41. The van der Waals surface area contributed by atoms with E-state index in [2.05, 4.69) is 18.8 Å². The number of aryl methyl sites for hydroxylation is 1. The van der Waals surface area contributed by atoms with Crippen LogP contribution >= 0.6 is 11.6 Å². The van der Waals surface area contributed by atoms with Gasteiger partial charge in [-0.2, -0.15) is 0 Å². The lowest BCUT2D eigenvalue weighted by molar-refractivity contribution is 0.0908. The number of imidazole rings is 1. The first kappa shape index (κ1) is 19.7. The van der Waals surface area contributed by atoms with Crippen LogP contribution in [0.2, 0.25) is 5.02 Å². The molecule has 1 heterocycles. The molecule has 0 bridgehead atoms. The van der Waals surface area contributed by atoms with Crippen molar-refractivity contribution in [1.29, 1.82) is 0 Å². The first-order valence-corrected chi connectivity index (χ1v) is 9.44. The molecule has 6 heteroatoms. The van der Waals surface area contributed by atoms with Crippen LogP contribution in [0, 0.1) is 6.92 Å². The topological polar surface area (TPSA) is 67.5 Å². The van der Waals surface area contributed by atoms with E-state index >= 15 is 0 Å². The number of hydrogen-bond acceptors (Lipinski definition) is 4. The van der Waals surface area contributed by atoms with Crippen molar-refractivity contribution >= 4 is 22.6 Å².